The van der Waals surface area contributed by atoms with Gasteiger partial charge in [0.15, 0.2) is 5.17 Å². The molecule has 1 aromatic carbocycles. The number of benzene rings is 1. The van der Waals surface area contributed by atoms with Crippen LogP contribution in [-0.4, -0.2) is 24.1 Å². The van der Waals surface area contributed by atoms with Crippen LogP contribution in [0.2, 0.25) is 0 Å². The van der Waals surface area contributed by atoms with Crippen molar-refractivity contribution in [2.75, 3.05) is 18.2 Å². The van der Waals surface area contributed by atoms with Gasteiger partial charge >= 0.3 is 0 Å². The highest BCUT2D eigenvalue weighted by molar-refractivity contribution is 9.10. The van der Waals surface area contributed by atoms with Gasteiger partial charge in [0.1, 0.15) is 5.75 Å². The summed E-state index contributed by atoms with van der Waals surface area (Å²) in [7, 11) is 1.66. The fourth-order valence-corrected chi connectivity index (χ4v) is 2.81. The Morgan fingerprint density at radius 1 is 1.50 bits per heavy atom. The van der Waals surface area contributed by atoms with E-state index in [1.54, 1.807) is 18.9 Å². The minimum Gasteiger partial charge on any atom is -0.497 e. The number of halogens is 1. The van der Waals surface area contributed by atoms with Crippen LogP contribution in [-0.2, 0) is 0 Å². The summed E-state index contributed by atoms with van der Waals surface area (Å²) in [6.07, 6.45) is 0. The van der Waals surface area contributed by atoms with Crippen molar-refractivity contribution in [3.63, 3.8) is 0 Å². The maximum absolute atomic E-state index is 5.20. The van der Waals surface area contributed by atoms with Gasteiger partial charge in [-0.1, -0.05) is 27.7 Å². The van der Waals surface area contributed by atoms with Crippen LogP contribution in [0.5, 0.6) is 5.75 Å². The molecule has 1 N–H and O–H groups in total. The van der Waals surface area contributed by atoms with Crippen molar-refractivity contribution in [2.24, 2.45) is 4.99 Å². The van der Waals surface area contributed by atoms with Crippen LogP contribution in [0.15, 0.2) is 27.7 Å². The van der Waals surface area contributed by atoms with Gasteiger partial charge in [0.2, 0.25) is 0 Å². The number of amidine groups is 1. The molecular formula is C11H13BrN2OS. The van der Waals surface area contributed by atoms with Crippen molar-refractivity contribution in [2.45, 2.75) is 13.0 Å². The highest BCUT2D eigenvalue weighted by Gasteiger charge is 2.14. The summed E-state index contributed by atoms with van der Waals surface area (Å²) in [6, 6.07) is 6.30. The highest BCUT2D eigenvalue weighted by Crippen LogP contribution is 2.26. The summed E-state index contributed by atoms with van der Waals surface area (Å²) in [5, 5.41) is 4.27. The summed E-state index contributed by atoms with van der Waals surface area (Å²) in [4.78, 5) is 4.48. The molecule has 86 valence electrons. The van der Waals surface area contributed by atoms with Crippen LogP contribution < -0.4 is 10.1 Å². The molecule has 1 aromatic rings. The molecule has 1 aliphatic heterocycles. The lowest BCUT2D eigenvalue weighted by molar-refractivity contribution is 0.415. The molecule has 16 heavy (non-hydrogen) atoms. The van der Waals surface area contributed by atoms with E-state index in [1.807, 2.05) is 18.2 Å². The molecule has 1 unspecified atom stereocenters. The second-order valence-corrected chi connectivity index (χ2v) is 5.52. The molecule has 3 nitrogen and oxygen atoms in total. The van der Waals surface area contributed by atoms with Gasteiger partial charge in [-0.15, -0.1) is 0 Å². The molecule has 0 saturated heterocycles. The van der Waals surface area contributed by atoms with Crippen LogP contribution in [0.25, 0.3) is 0 Å². The number of thioether (sulfide) groups is 1. The normalized spacial score (nSPS) is 19.4. The Hall–Kier alpha value is -0.680. The summed E-state index contributed by atoms with van der Waals surface area (Å²) >= 11 is 5.20. The Labute approximate surface area is 108 Å². The second-order valence-electron chi connectivity index (χ2n) is 3.60. The van der Waals surface area contributed by atoms with Gasteiger partial charge in [-0.3, -0.25) is 4.99 Å². The Kier molecular flexibility index (Phi) is 3.76. The SMILES string of the molecule is COc1cc(Br)cc(NC2=NC(C)CS2)c1. The van der Waals surface area contributed by atoms with Crippen molar-refractivity contribution in [1.29, 1.82) is 0 Å². The molecular weight excluding hydrogens is 288 g/mol. The highest BCUT2D eigenvalue weighted by atomic mass is 79.9. The monoisotopic (exact) mass is 300 g/mol. The van der Waals surface area contributed by atoms with Crippen LogP contribution in [0, 0.1) is 0 Å². The molecule has 0 amide bonds. The number of rotatable bonds is 2. The van der Waals surface area contributed by atoms with Crippen LogP contribution in [0.3, 0.4) is 0 Å². The van der Waals surface area contributed by atoms with Crippen molar-refractivity contribution < 1.29 is 4.74 Å². The van der Waals surface area contributed by atoms with Gasteiger partial charge < -0.3 is 10.1 Å². The number of hydrogen-bond acceptors (Lipinski definition) is 4. The van der Waals surface area contributed by atoms with E-state index in [2.05, 4.69) is 33.2 Å². The molecule has 0 radical (unpaired) electrons. The first-order valence-electron chi connectivity index (χ1n) is 4.99. The van der Waals surface area contributed by atoms with Crippen molar-refractivity contribution in [3.8, 4) is 5.75 Å². The number of methoxy groups -OCH3 is 1. The molecule has 1 atom stereocenters. The average Bonchev–Trinajstić information content (AvgIpc) is 2.63. The molecule has 5 heteroatoms. The second kappa shape index (κ2) is 5.10. The molecule has 0 fully saturated rings. The predicted octanol–water partition coefficient (Wildman–Crippen LogP) is 3.36. The Balaban J connectivity index is 2.15. The first kappa shape index (κ1) is 11.8. The number of hydrogen-bond donors (Lipinski definition) is 1. The van der Waals surface area contributed by atoms with E-state index in [0.29, 0.717) is 6.04 Å². The van der Waals surface area contributed by atoms with Gasteiger partial charge in [0.05, 0.1) is 13.2 Å². The van der Waals surface area contributed by atoms with Crippen LogP contribution in [0.1, 0.15) is 6.92 Å². The van der Waals surface area contributed by atoms with E-state index in [4.69, 9.17) is 4.74 Å². The first-order valence-corrected chi connectivity index (χ1v) is 6.77. The number of ether oxygens (including phenoxy) is 1. The lowest BCUT2D eigenvalue weighted by Crippen LogP contribution is -2.05. The molecule has 0 saturated carbocycles. The minimum absolute atomic E-state index is 0.404. The van der Waals surface area contributed by atoms with E-state index in [-0.39, 0.29) is 0 Å². The summed E-state index contributed by atoms with van der Waals surface area (Å²) < 4.78 is 6.20. The lowest BCUT2D eigenvalue weighted by Gasteiger charge is -2.08. The maximum atomic E-state index is 5.20. The third kappa shape index (κ3) is 2.92. The molecule has 0 aliphatic carbocycles. The number of nitrogens with zero attached hydrogens (tertiary/aromatic N) is 1. The fourth-order valence-electron chi connectivity index (χ4n) is 1.42. The Bertz CT molecular complexity index is 422. The topological polar surface area (TPSA) is 33.6 Å². The quantitative estimate of drug-likeness (QED) is 0.909. The number of anilines is 1. The molecule has 1 aliphatic rings. The summed E-state index contributed by atoms with van der Waals surface area (Å²) in [6.45, 7) is 2.11. The standard InChI is InChI=1S/C11H13BrN2OS/c1-7-6-16-11(13-7)14-9-3-8(12)4-10(5-9)15-2/h3-5,7H,6H2,1-2H3,(H,13,14). The Morgan fingerprint density at radius 3 is 2.94 bits per heavy atom. The largest absolute Gasteiger partial charge is 0.497 e. The molecule has 1 heterocycles. The third-order valence-electron chi connectivity index (χ3n) is 2.16. The van der Waals surface area contributed by atoms with Crippen LogP contribution in [0.4, 0.5) is 5.69 Å². The van der Waals surface area contributed by atoms with E-state index >= 15 is 0 Å². The lowest BCUT2D eigenvalue weighted by atomic mass is 10.3. The van der Waals surface area contributed by atoms with Crippen LogP contribution >= 0.6 is 27.7 Å². The van der Waals surface area contributed by atoms with E-state index in [9.17, 15) is 0 Å². The zero-order chi connectivity index (χ0) is 11.5. The fraction of sp³-hybridized carbons (Fsp3) is 0.364. The van der Waals surface area contributed by atoms with Crippen molar-refractivity contribution in [1.82, 2.24) is 0 Å². The molecule has 0 aromatic heterocycles. The maximum Gasteiger partial charge on any atom is 0.161 e. The summed E-state index contributed by atoms with van der Waals surface area (Å²) in [5.41, 5.74) is 0.992. The average molecular weight is 301 g/mol. The van der Waals surface area contributed by atoms with E-state index in [0.717, 1.165) is 26.8 Å². The Morgan fingerprint density at radius 2 is 2.31 bits per heavy atom. The van der Waals surface area contributed by atoms with Gasteiger partial charge in [-0.05, 0) is 19.1 Å². The number of aliphatic imine (C=N–C) groups is 1. The molecule has 2 rings (SSSR count). The van der Waals surface area contributed by atoms with Crippen molar-refractivity contribution in [3.05, 3.63) is 22.7 Å². The number of nitrogens with one attached hydrogen (secondary N) is 1. The van der Waals surface area contributed by atoms with Gasteiger partial charge in [0.25, 0.3) is 0 Å². The molecule has 0 spiro atoms. The zero-order valence-electron chi connectivity index (χ0n) is 9.16. The smallest absolute Gasteiger partial charge is 0.161 e. The minimum atomic E-state index is 0.404. The zero-order valence-corrected chi connectivity index (χ0v) is 11.6. The first-order chi connectivity index (χ1) is 7.67. The van der Waals surface area contributed by atoms with Gasteiger partial charge in [-0.2, -0.15) is 0 Å². The van der Waals surface area contributed by atoms with Crippen molar-refractivity contribution >= 4 is 38.5 Å². The van der Waals surface area contributed by atoms with Gasteiger partial charge in [0, 0.05) is 22.0 Å². The van der Waals surface area contributed by atoms with E-state index < -0.39 is 0 Å². The predicted molar refractivity (Wildman–Crippen MR) is 73.7 cm³/mol. The molecule has 0 bridgehead atoms. The summed E-state index contributed by atoms with van der Waals surface area (Å²) in [5.74, 6) is 1.88. The third-order valence-corrected chi connectivity index (χ3v) is 3.74. The van der Waals surface area contributed by atoms with E-state index in [1.165, 1.54) is 0 Å². The van der Waals surface area contributed by atoms with Gasteiger partial charge in [-0.25, -0.2) is 0 Å².